The highest BCUT2D eigenvalue weighted by molar-refractivity contribution is 5.49. The Balaban J connectivity index is 1.42. The van der Waals surface area contributed by atoms with Crippen molar-refractivity contribution >= 4 is 0 Å². The summed E-state index contributed by atoms with van der Waals surface area (Å²) < 4.78 is 23.5. The second-order valence-electron chi connectivity index (χ2n) is 13.9. The van der Waals surface area contributed by atoms with E-state index < -0.39 is 53.6 Å². The van der Waals surface area contributed by atoms with Gasteiger partial charge in [0, 0.05) is 11.8 Å². The highest BCUT2D eigenvalue weighted by Gasteiger charge is 2.55. The second kappa shape index (κ2) is 15.9. The maximum atomic E-state index is 13.8. The van der Waals surface area contributed by atoms with Crippen molar-refractivity contribution in [3.8, 4) is 0 Å². The van der Waals surface area contributed by atoms with Crippen LogP contribution in [0.5, 0.6) is 0 Å². The number of hydrogen-bond donors (Lipinski definition) is 2. The van der Waals surface area contributed by atoms with E-state index in [1.165, 1.54) is 10.8 Å². The van der Waals surface area contributed by atoms with Gasteiger partial charge in [0.15, 0.2) is 6.23 Å². The van der Waals surface area contributed by atoms with E-state index in [1.807, 2.05) is 182 Å². The fourth-order valence-corrected chi connectivity index (χ4v) is 7.98. The molecule has 0 saturated carbocycles. The van der Waals surface area contributed by atoms with Crippen LogP contribution in [-0.4, -0.2) is 39.6 Å². The molecule has 56 heavy (non-hydrogen) atoms. The zero-order chi connectivity index (χ0) is 38.5. The zero-order valence-electron chi connectivity index (χ0n) is 30.9. The molecule has 1 aliphatic rings. The van der Waals surface area contributed by atoms with Crippen molar-refractivity contribution in [1.82, 2.24) is 9.55 Å². The van der Waals surface area contributed by atoms with Crippen LogP contribution in [-0.2, 0) is 25.4 Å². The van der Waals surface area contributed by atoms with E-state index in [1.54, 1.807) is 6.92 Å². The molecule has 0 aliphatic carbocycles. The lowest BCUT2D eigenvalue weighted by Crippen LogP contribution is -2.50. The molecule has 4 atom stereocenters. The van der Waals surface area contributed by atoms with Crippen molar-refractivity contribution < 1.29 is 19.3 Å². The van der Waals surface area contributed by atoms with Crippen LogP contribution in [0.25, 0.3) is 0 Å². The van der Waals surface area contributed by atoms with Crippen LogP contribution in [0.15, 0.2) is 198 Å². The average molecular weight is 743 g/mol. The van der Waals surface area contributed by atoms with Crippen molar-refractivity contribution in [2.45, 2.75) is 42.7 Å². The number of aliphatic hydroxyl groups is 1. The molecule has 1 aliphatic heterocycles. The summed E-state index contributed by atoms with van der Waals surface area (Å²) in [6.07, 6.45) is -2.76. The number of aryl methyl sites for hydroxylation is 1. The maximum absolute atomic E-state index is 13.8. The lowest BCUT2D eigenvalue weighted by atomic mass is 9.79. The van der Waals surface area contributed by atoms with Crippen molar-refractivity contribution in [3.63, 3.8) is 0 Å². The van der Waals surface area contributed by atoms with Crippen LogP contribution in [0, 0.1) is 6.92 Å². The van der Waals surface area contributed by atoms with Crippen LogP contribution in [0.1, 0.15) is 45.2 Å². The van der Waals surface area contributed by atoms with Crippen LogP contribution in [0.4, 0.5) is 0 Å². The van der Waals surface area contributed by atoms with Gasteiger partial charge in [-0.3, -0.25) is 14.3 Å². The topological polar surface area (TPSA) is 103 Å². The summed E-state index contributed by atoms with van der Waals surface area (Å²) in [6.45, 7) is 1.17. The molecule has 8 nitrogen and oxygen atoms in total. The SMILES string of the molecule is Cc1cn([C@@H]2O[C@H](CO)[C@@H](OC(c3ccccc3)(c3ccccc3)c3ccccc3)[C@H]2OC(c2ccccc2)(c2ccccc2)c2ccccc2)c(=O)[nH]c1=O. The van der Waals surface area contributed by atoms with Gasteiger partial charge < -0.3 is 19.3 Å². The summed E-state index contributed by atoms with van der Waals surface area (Å²) in [5.41, 5.74) is 1.60. The largest absolute Gasteiger partial charge is 0.394 e. The number of hydrogen-bond acceptors (Lipinski definition) is 6. The Bertz CT molecular complexity index is 2270. The maximum Gasteiger partial charge on any atom is 0.330 e. The Morgan fingerprint density at radius 1 is 0.554 bits per heavy atom. The average Bonchev–Trinajstić information content (AvgIpc) is 3.60. The summed E-state index contributed by atoms with van der Waals surface area (Å²) in [6, 6.07) is 59.6. The van der Waals surface area contributed by atoms with Gasteiger partial charge in [0.2, 0.25) is 0 Å². The van der Waals surface area contributed by atoms with E-state index in [2.05, 4.69) is 4.98 Å². The number of benzene rings is 6. The van der Waals surface area contributed by atoms with Gasteiger partial charge in [-0.15, -0.1) is 0 Å². The molecule has 6 aromatic carbocycles. The fourth-order valence-electron chi connectivity index (χ4n) is 7.98. The fraction of sp³-hybridized carbons (Fsp3) is 0.167. The molecule has 0 spiro atoms. The van der Waals surface area contributed by atoms with E-state index >= 15 is 0 Å². The van der Waals surface area contributed by atoms with E-state index in [4.69, 9.17) is 14.2 Å². The highest BCUT2D eigenvalue weighted by Crippen LogP contribution is 2.49. The van der Waals surface area contributed by atoms with Crippen LogP contribution in [0.2, 0.25) is 0 Å². The standard InChI is InChI=1S/C48H42N2O6/c1-34-32-50(46(53)49-44(34)52)45-43(56-48(38-26-14-5-15-27-38,39-28-16-6-17-29-39)40-30-18-7-19-31-40)42(41(33-51)54-45)55-47(35-20-8-2-9-21-35,36-22-10-3-11-23-36)37-24-12-4-13-25-37/h2-32,41-43,45,51H,33H2,1H3,(H,49,52,53)/t41-,42-,43-,45-/m1/s1. The molecule has 280 valence electrons. The number of rotatable bonds is 12. The van der Waals surface area contributed by atoms with Gasteiger partial charge in [0.05, 0.1) is 6.61 Å². The smallest absolute Gasteiger partial charge is 0.330 e. The third-order valence-corrected chi connectivity index (χ3v) is 10.6. The quantitative estimate of drug-likeness (QED) is 0.126. The van der Waals surface area contributed by atoms with E-state index in [0.717, 1.165) is 33.4 Å². The first kappa shape index (κ1) is 36.8. The third-order valence-electron chi connectivity index (χ3n) is 10.6. The molecular weight excluding hydrogens is 701 g/mol. The Hall–Kier alpha value is -6.16. The molecule has 2 heterocycles. The Kier molecular flexibility index (Phi) is 10.4. The van der Waals surface area contributed by atoms with Crippen molar-refractivity contribution in [1.29, 1.82) is 0 Å². The predicted molar refractivity (Wildman–Crippen MR) is 215 cm³/mol. The van der Waals surface area contributed by atoms with Crippen LogP contribution < -0.4 is 11.2 Å². The summed E-state index contributed by atoms with van der Waals surface area (Å²) in [5, 5.41) is 11.2. The minimum absolute atomic E-state index is 0.310. The molecule has 1 saturated heterocycles. The molecule has 8 heteroatoms. The number of H-pyrrole nitrogens is 1. The first-order valence-electron chi connectivity index (χ1n) is 18.7. The van der Waals surface area contributed by atoms with Gasteiger partial charge in [0.25, 0.3) is 5.56 Å². The predicted octanol–water partition coefficient (Wildman–Crippen LogP) is 7.49. The molecule has 0 amide bonds. The van der Waals surface area contributed by atoms with Gasteiger partial charge in [-0.05, 0) is 40.3 Å². The summed E-state index contributed by atoms with van der Waals surface area (Å²) >= 11 is 0. The molecule has 0 bridgehead atoms. The van der Waals surface area contributed by atoms with Gasteiger partial charge in [-0.25, -0.2) is 4.79 Å². The molecule has 0 unspecified atom stereocenters. The number of nitrogens with one attached hydrogen (secondary N) is 1. The number of aromatic amines is 1. The lowest BCUT2D eigenvalue weighted by Gasteiger charge is -2.43. The van der Waals surface area contributed by atoms with Gasteiger partial charge in [-0.2, -0.15) is 0 Å². The minimum Gasteiger partial charge on any atom is -0.394 e. The van der Waals surface area contributed by atoms with Gasteiger partial charge in [0.1, 0.15) is 29.5 Å². The van der Waals surface area contributed by atoms with E-state index in [9.17, 15) is 14.7 Å². The summed E-state index contributed by atoms with van der Waals surface area (Å²) in [4.78, 5) is 29.0. The molecule has 2 N–H and O–H groups in total. The van der Waals surface area contributed by atoms with Crippen LogP contribution in [0.3, 0.4) is 0 Å². The monoisotopic (exact) mass is 742 g/mol. The first-order chi connectivity index (χ1) is 27.5. The zero-order valence-corrected chi connectivity index (χ0v) is 30.9. The molecule has 8 rings (SSSR count). The Morgan fingerprint density at radius 3 is 1.20 bits per heavy atom. The normalized spacial score (nSPS) is 18.5. The number of ether oxygens (including phenoxy) is 3. The number of nitrogens with zero attached hydrogens (tertiary/aromatic N) is 1. The van der Waals surface area contributed by atoms with Crippen molar-refractivity contribution in [2.24, 2.45) is 0 Å². The third kappa shape index (κ3) is 6.63. The van der Waals surface area contributed by atoms with Gasteiger partial charge in [-0.1, -0.05) is 182 Å². The number of aromatic nitrogens is 2. The van der Waals surface area contributed by atoms with E-state index in [0.29, 0.717) is 5.56 Å². The molecule has 1 fully saturated rings. The first-order valence-corrected chi connectivity index (χ1v) is 18.7. The van der Waals surface area contributed by atoms with Crippen molar-refractivity contribution in [3.05, 3.63) is 248 Å². The molecule has 1 aromatic heterocycles. The van der Waals surface area contributed by atoms with E-state index in [-0.39, 0.29) is 0 Å². The number of aliphatic hydroxyl groups excluding tert-OH is 1. The second-order valence-corrected chi connectivity index (χ2v) is 13.9. The van der Waals surface area contributed by atoms with Gasteiger partial charge >= 0.3 is 5.69 Å². The van der Waals surface area contributed by atoms with Crippen molar-refractivity contribution in [2.75, 3.05) is 6.61 Å². The Morgan fingerprint density at radius 2 is 0.875 bits per heavy atom. The molecule has 7 aromatic rings. The Labute approximate surface area is 325 Å². The van der Waals surface area contributed by atoms with Crippen LogP contribution >= 0.6 is 0 Å². The molecular formula is C48H42N2O6. The summed E-state index contributed by atoms with van der Waals surface area (Å²) in [7, 11) is 0. The lowest BCUT2D eigenvalue weighted by molar-refractivity contribution is -0.156. The minimum atomic E-state index is -1.28. The summed E-state index contributed by atoms with van der Waals surface area (Å²) in [5.74, 6) is 0. The molecule has 0 radical (unpaired) electrons. The highest BCUT2D eigenvalue weighted by atomic mass is 16.6.